The van der Waals surface area contributed by atoms with Crippen LogP contribution in [-0.4, -0.2) is 29.1 Å². The number of hydrogen-bond acceptors (Lipinski definition) is 4. The smallest absolute Gasteiger partial charge is 0.225 e. The Morgan fingerprint density at radius 3 is 2.37 bits per heavy atom. The monoisotopic (exact) mass is 374 g/mol. The van der Waals surface area contributed by atoms with Gasteiger partial charge in [0.05, 0.1) is 0 Å². The predicted octanol–water partition coefficient (Wildman–Crippen LogP) is 2.96. The molecule has 19 heavy (non-hydrogen) atoms. The average molecular weight is 374 g/mol. The van der Waals surface area contributed by atoms with Gasteiger partial charge in [-0.3, -0.25) is 0 Å². The van der Waals surface area contributed by atoms with E-state index in [0.717, 1.165) is 29.0 Å². The van der Waals surface area contributed by atoms with E-state index in [-0.39, 0.29) is 0 Å². The van der Waals surface area contributed by atoms with E-state index in [0.29, 0.717) is 6.04 Å². The summed E-state index contributed by atoms with van der Waals surface area (Å²) in [6.45, 7) is 1.70. The molecule has 0 radical (unpaired) electrons. The van der Waals surface area contributed by atoms with Gasteiger partial charge in [0.1, 0.15) is 0 Å². The maximum atomic E-state index is 5.67. The lowest BCUT2D eigenvalue weighted by Crippen LogP contribution is -2.38. The topological polar surface area (TPSA) is 55.0 Å². The molecule has 0 spiro atoms. The van der Waals surface area contributed by atoms with Crippen molar-refractivity contribution in [2.75, 3.05) is 18.0 Å². The average Bonchev–Trinajstić information content (AvgIpc) is 2.70. The second-order valence-corrected chi connectivity index (χ2v) is 6.43. The molecule has 1 aromatic heterocycles. The molecule has 1 heterocycles. The van der Waals surface area contributed by atoms with Crippen LogP contribution in [0, 0.1) is 3.57 Å². The van der Waals surface area contributed by atoms with Gasteiger partial charge in [-0.15, -0.1) is 0 Å². The van der Waals surface area contributed by atoms with Gasteiger partial charge in [0.25, 0.3) is 0 Å². The van der Waals surface area contributed by atoms with E-state index in [9.17, 15) is 0 Å². The van der Waals surface area contributed by atoms with Crippen molar-refractivity contribution in [1.29, 1.82) is 0 Å². The molecule has 106 valence electrons. The van der Waals surface area contributed by atoms with E-state index in [1.165, 1.54) is 38.5 Å². The third-order valence-electron chi connectivity index (χ3n) is 3.73. The first kappa shape index (κ1) is 15.0. The Kier molecular flexibility index (Phi) is 6.30. The van der Waals surface area contributed by atoms with E-state index < -0.39 is 0 Å². The van der Waals surface area contributed by atoms with E-state index in [4.69, 9.17) is 5.73 Å². The lowest BCUT2D eigenvalue weighted by Gasteiger charge is -2.31. The molecule has 1 aromatic rings. The van der Waals surface area contributed by atoms with Gasteiger partial charge in [0, 0.05) is 28.6 Å². The molecule has 2 rings (SSSR count). The third kappa shape index (κ3) is 4.56. The van der Waals surface area contributed by atoms with Crippen molar-refractivity contribution in [3.63, 3.8) is 0 Å². The minimum Gasteiger partial charge on any atom is -0.338 e. The summed E-state index contributed by atoms with van der Waals surface area (Å²) in [5, 5.41) is 0. The predicted molar refractivity (Wildman–Crippen MR) is 87.3 cm³/mol. The standard InChI is InChI=1S/C14H23IN4/c15-12-10-17-14(18-11-12)19(9-5-8-16)13-6-3-1-2-4-7-13/h10-11,13H,1-9,16H2. The van der Waals surface area contributed by atoms with Gasteiger partial charge in [-0.05, 0) is 48.4 Å². The first-order valence-corrected chi connectivity index (χ1v) is 8.33. The van der Waals surface area contributed by atoms with Crippen LogP contribution in [0.2, 0.25) is 0 Å². The zero-order chi connectivity index (χ0) is 13.5. The molecule has 0 saturated heterocycles. The second-order valence-electron chi connectivity index (χ2n) is 5.18. The molecule has 0 amide bonds. The largest absolute Gasteiger partial charge is 0.338 e. The van der Waals surface area contributed by atoms with Crippen molar-refractivity contribution in [2.45, 2.75) is 51.0 Å². The van der Waals surface area contributed by atoms with Crippen LogP contribution in [-0.2, 0) is 0 Å². The SMILES string of the molecule is NCCCN(c1ncc(I)cn1)C1CCCCCC1. The molecule has 0 aromatic carbocycles. The van der Waals surface area contributed by atoms with Crippen molar-refractivity contribution < 1.29 is 0 Å². The van der Waals surface area contributed by atoms with Crippen molar-refractivity contribution in [2.24, 2.45) is 5.73 Å². The van der Waals surface area contributed by atoms with Gasteiger partial charge >= 0.3 is 0 Å². The summed E-state index contributed by atoms with van der Waals surface area (Å²) in [4.78, 5) is 11.4. The molecule has 4 nitrogen and oxygen atoms in total. The van der Waals surface area contributed by atoms with Gasteiger partial charge < -0.3 is 10.6 Å². The Bertz CT molecular complexity index is 360. The van der Waals surface area contributed by atoms with E-state index in [2.05, 4.69) is 37.5 Å². The van der Waals surface area contributed by atoms with Gasteiger partial charge in [-0.1, -0.05) is 25.7 Å². The highest BCUT2D eigenvalue weighted by Crippen LogP contribution is 2.24. The molecule has 1 fully saturated rings. The zero-order valence-corrected chi connectivity index (χ0v) is 13.6. The Hall–Kier alpha value is -0.430. The highest BCUT2D eigenvalue weighted by molar-refractivity contribution is 14.1. The fourth-order valence-electron chi connectivity index (χ4n) is 2.73. The number of nitrogens with zero attached hydrogens (tertiary/aromatic N) is 3. The third-order valence-corrected chi connectivity index (χ3v) is 4.29. The first-order chi connectivity index (χ1) is 9.31. The quantitative estimate of drug-likeness (QED) is 0.636. The number of aromatic nitrogens is 2. The van der Waals surface area contributed by atoms with Crippen LogP contribution in [0.15, 0.2) is 12.4 Å². The normalized spacial score (nSPS) is 17.2. The molecule has 0 aliphatic heterocycles. The summed E-state index contributed by atoms with van der Waals surface area (Å²) in [5.41, 5.74) is 5.67. The van der Waals surface area contributed by atoms with Crippen molar-refractivity contribution in [1.82, 2.24) is 9.97 Å². The van der Waals surface area contributed by atoms with Crippen LogP contribution in [0.1, 0.15) is 44.9 Å². The molecule has 0 unspecified atom stereocenters. The maximum absolute atomic E-state index is 5.67. The van der Waals surface area contributed by atoms with Crippen molar-refractivity contribution >= 4 is 28.5 Å². The van der Waals surface area contributed by atoms with Gasteiger partial charge in [0.15, 0.2) is 0 Å². The molecule has 1 saturated carbocycles. The van der Waals surface area contributed by atoms with Crippen LogP contribution >= 0.6 is 22.6 Å². The maximum Gasteiger partial charge on any atom is 0.225 e. The zero-order valence-electron chi connectivity index (χ0n) is 11.4. The van der Waals surface area contributed by atoms with Crippen LogP contribution in [0.5, 0.6) is 0 Å². The summed E-state index contributed by atoms with van der Waals surface area (Å²) in [6.07, 6.45) is 12.7. The lowest BCUT2D eigenvalue weighted by atomic mass is 10.1. The number of nitrogens with two attached hydrogens (primary N) is 1. The van der Waals surface area contributed by atoms with E-state index in [1.54, 1.807) is 0 Å². The highest BCUT2D eigenvalue weighted by Gasteiger charge is 2.21. The number of hydrogen-bond donors (Lipinski definition) is 1. The lowest BCUT2D eigenvalue weighted by molar-refractivity contribution is 0.510. The first-order valence-electron chi connectivity index (χ1n) is 7.25. The number of halogens is 1. The summed E-state index contributed by atoms with van der Waals surface area (Å²) in [7, 11) is 0. The van der Waals surface area contributed by atoms with Crippen molar-refractivity contribution in [3.8, 4) is 0 Å². The summed E-state index contributed by atoms with van der Waals surface area (Å²) < 4.78 is 1.08. The fraction of sp³-hybridized carbons (Fsp3) is 0.714. The fourth-order valence-corrected chi connectivity index (χ4v) is 3.01. The van der Waals surface area contributed by atoms with E-state index in [1.807, 2.05) is 12.4 Å². The molecule has 5 heteroatoms. The van der Waals surface area contributed by atoms with Gasteiger partial charge in [0.2, 0.25) is 5.95 Å². The second kappa shape index (κ2) is 7.99. The van der Waals surface area contributed by atoms with E-state index >= 15 is 0 Å². The summed E-state index contributed by atoms with van der Waals surface area (Å²) in [5.74, 6) is 0.876. The van der Waals surface area contributed by atoms with Crippen LogP contribution < -0.4 is 10.6 Å². The van der Waals surface area contributed by atoms with Crippen LogP contribution in [0.3, 0.4) is 0 Å². The molecule has 0 bridgehead atoms. The highest BCUT2D eigenvalue weighted by atomic mass is 127. The Labute approximate surface area is 129 Å². The molecular formula is C14H23IN4. The van der Waals surface area contributed by atoms with Crippen LogP contribution in [0.25, 0.3) is 0 Å². The Morgan fingerprint density at radius 1 is 1.16 bits per heavy atom. The number of anilines is 1. The van der Waals surface area contributed by atoms with Gasteiger partial charge in [-0.2, -0.15) is 0 Å². The summed E-state index contributed by atoms with van der Waals surface area (Å²) >= 11 is 2.25. The molecular weight excluding hydrogens is 351 g/mol. The Balaban J connectivity index is 2.11. The molecule has 2 N–H and O–H groups in total. The summed E-state index contributed by atoms with van der Waals surface area (Å²) in [6, 6.07) is 0.592. The van der Waals surface area contributed by atoms with Gasteiger partial charge in [-0.25, -0.2) is 9.97 Å². The number of rotatable bonds is 5. The molecule has 1 aliphatic carbocycles. The minimum absolute atomic E-state index is 0.592. The van der Waals surface area contributed by atoms with Crippen LogP contribution in [0.4, 0.5) is 5.95 Å². The van der Waals surface area contributed by atoms with Crippen molar-refractivity contribution in [3.05, 3.63) is 16.0 Å². The Morgan fingerprint density at radius 2 is 1.79 bits per heavy atom. The molecule has 1 aliphatic rings. The molecule has 0 atom stereocenters. The minimum atomic E-state index is 0.592.